The number of carbonyl (C=O) groups excluding carboxylic acids is 3. The molecular formula is C18H22N2O5. The summed E-state index contributed by atoms with van der Waals surface area (Å²) in [5, 5.41) is 0. The first kappa shape index (κ1) is 18.5. The molecule has 1 saturated heterocycles. The summed E-state index contributed by atoms with van der Waals surface area (Å²) in [6.45, 7) is 5.36. The van der Waals surface area contributed by atoms with Crippen LogP contribution in [-0.4, -0.2) is 48.8 Å². The Morgan fingerprint density at radius 2 is 1.88 bits per heavy atom. The van der Waals surface area contributed by atoms with Gasteiger partial charge in [0.05, 0.1) is 12.8 Å². The quantitative estimate of drug-likeness (QED) is 0.620. The normalized spacial score (nSPS) is 15.0. The van der Waals surface area contributed by atoms with Gasteiger partial charge in [-0.3, -0.25) is 14.6 Å². The summed E-state index contributed by atoms with van der Waals surface area (Å²) in [6.07, 6.45) is 2.32. The maximum Gasteiger partial charge on any atom is 0.412 e. The van der Waals surface area contributed by atoms with Crippen LogP contribution in [0.25, 0.3) is 6.08 Å². The highest BCUT2D eigenvalue weighted by Gasteiger charge is 2.34. The summed E-state index contributed by atoms with van der Waals surface area (Å²) >= 11 is 0. The average Bonchev–Trinajstić information content (AvgIpc) is 2.93. The lowest BCUT2D eigenvalue weighted by Gasteiger charge is -2.24. The molecule has 134 valence electrons. The number of carbonyl (C=O) groups is 3. The van der Waals surface area contributed by atoms with Gasteiger partial charge < -0.3 is 9.47 Å². The summed E-state index contributed by atoms with van der Waals surface area (Å²) in [5.74, 6) is -0.706. The van der Waals surface area contributed by atoms with Crippen LogP contribution in [0.15, 0.2) is 30.3 Å². The third-order valence-corrected chi connectivity index (χ3v) is 3.42. The van der Waals surface area contributed by atoms with E-state index in [1.807, 2.05) is 0 Å². The molecule has 0 bridgehead atoms. The molecule has 0 atom stereocenters. The van der Waals surface area contributed by atoms with Gasteiger partial charge >= 0.3 is 12.1 Å². The Morgan fingerprint density at radius 1 is 1.20 bits per heavy atom. The minimum Gasteiger partial charge on any atom is -0.466 e. The second-order valence-electron chi connectivity index (χ2n) is 6.56. The monoisotopic (exact) mass is 346 g/mol. The molecule has 0 saturated carbocycles. The van der Waals surface area contributed by atoms with Gasteiger partial charge in [-0.05, 0) is 38.5 Å². The van der Waals surface area contributed by atoms with Crippen LogP contribution < -0.4 is 4.90 Å². The lowest BCUT2D eigenvalue weighted by molar-refractivity contribution is -0.134. The lowest BCUT2D eigenvalue weighted by Crippen LogP contribution is -2.36. The van der Waals surface area contributed by atoms with Crippen molar-refractivity contribution in [3.8, 4) is 0 Å². The van der Waals surface area contributed by atoms with Crippen molar-refractivity contribution < 1.29 is 23.9 Å². The summed E-state index contributed by atoms with van der Waals surface area (Å²) < 4.78 is 9.89. The van der Waals surface area contributed by atoms with E-state index in [4.69, 9.17) is 4.74 Å². The highest BCUT2D eigenvalue weighted by atomic mass is 16.6. The fourth-order valence-electron chi connectivity index (χ4n) is 2.31. The first-order valence-corrected chi connectivity index (χ1v) is 7.84. The van der Waals surface area contributed by atoms with Gasteiger partial charge in [0.15, 0.2) is 0 Å². The summed E-state index contributed by atoms with van der Waals surface area (Å²) in [4.78, 5) is 38.7. The smallest absolute Gasteiger partial charge is 0.412 e. The summed E-state index contributed by atoms with van der Waals surface area (Å²) in [6, 6.07) is 7.12. The minimum atomic E-state index is -0.630. The molecule has 2 rings (SSSR count). The second-order valence-corrected chi connectivity index (χ2v) is 6.56. The predicted molar refractivity (Wildman–Crippen MR) is 92.8 cm³/mol. The zero-order chi connectivity index (χ0) is 18.6. The van der Waals surface area contributed by atoms with E-state index in [0.717, 1.165) is 0 Å². The molecule has 1 aromatic rings. The fraction of sp³-hybridized carbons (Fsp3) is 0.389. The van der Waals surface area contributed by atoms with Crippen LogP contribution in [0.3, 0.4) is 0 Å². The van der Waals surface area contributed by atoms with E-state index in [1.54, 1.807) is 51.1 Å². The SMILES string of the molecule is COC(=O)/C=C/c1ccccc1N1CN(C(=O)OC(C)(C)C)CC1=O. The number of para-hydroxylation sites is 1. The molecule has 1 aliphatic rings. The largest absolute Gasteiger partial charge is 0.466 e. The fourth-order valence-corrected chi connectivity index (χ4v) is 2.31. The van der Waals surface area contributed by atoms with E-state index >= 15 is 0 Å². The number of methoxy groups -OCH3 is 1. The van der Waals surface area contributed by atoms with Crippen molar-refractivity contribution in [2.45, 2.75) is 26.4 Å². The average molecular weight is 346 g/mol. The van der Waals surface area contributed by atoms with E-state index in [9.17, 15) is 14.4 Å². The Kier molecular flexibility index (Phi) is 5.46. The second kappa shape index (κ2) is 7.38. The van der Waals surface area contributed by atoms with Gasteiger partial charge in [-0.2, -0.15) is 0 Å². The molecule has 0 aliphatic carbocycles. The Morgan fingerprint density at radius 3 is 2.52 bits per heavy atom. The van der Waals surface area contributed by atoms with Crippen LogP contribution in [0.4, 0.5) is 10.5 Å². The van der Waals surface area contributed by atoms with Crippen molar-refractivity contribution in [2.75, 3.05) is 25.2 Å². The standard InChI is InChI=1S/C18H22N2O5/c1-18(2,3)25-17(23)19-11-15(21)20(12-19)14-8-6-5-7-13(14)9-10-16(22)24-4/h5-10H,11-12H2,1-4H3/b10-9+. The van der Waals surface area contributed by atoms with Gasteiger partial charge in [-0.1, -0.05) is 18.2 Å². The van der Waals surface area contributed by atoms with Crippen molar-refractivity contribution in [3.05, 3.63) is 35.9 Å². The van der Waals surface area contributed by atoms with Crippen LogP contribution in [-0.2, 0) is 19.1 Å². The molecule has 0 spiro atoms. The Balaban J connectivity index is 2.20. The number of esters is 1. The van der Waals surface area contributed by atoms with Crippen molar-refractivity contribution >= 4 is 29.7 Å². The molecule has 1 heterocycles. The van der Waals surface area contributed by atoms with Gasteiger partial charge in [0.25, 0.3) is 0 Å². The number of hydrogen-bond donors (Lipinski definition) is 0. The van der Waals surface area contributed by atoms with Crippen LogP contribution in [0, 0.1) is 0 Å². The summed E-state index contributed by atoms with van der Waals surface area (Å²) in [7, 11) is 1.29. The third-order valence-electron chi connectivity index (χ3n) is 3.42. The molecule has 7 heteroatoms. The van der Waals surface area contributed by atoms with Crippen LogP contribution in [0.5, 0.6) is 0 Å². The molecular weight excluding hydrogens is 324 g/mol. The van der Waals surface area contributed by atoms with Crippen molar-refractivity contribution in [2.24, 2.45) is 0 Å². The molecule has 1 aliphatic heterocycles. The van der Waals surface area contributed by atoms with E-state index < -0.39 is 17.7 Å². The molecule has 0 radical (unpaired) electrons. The van der Waals surface area contributed by atoms with E-state index in [0.29, 0.717) is 11.3 Å². The van der Waals surface area contributed by atoms with Crippen molar-refractivity contribution in [1.29, 1.82) is 0 Å². The van der Waals surface area contributed by atoms with Crippen LogP contribution >= 0.6 is 0 Å². The highest BCUT2D eigenvalue weighted by Crippen LogP contribution is 2.26. The molecule has 1 aromatic carbocycles. The predicted octanol–water partition coefficient (Wildman–Crippen LogP) is 2.41. The van der Waals surface area contributed by atoms with Gasteiger partial charge in [-0.15, -0.1) is 0 Å². The van der Waals surface area contributed by atoms with Crippen LogP contribution in [0.1, 0.15) is 26.3 Å². The number of nitrogens with zero attached hydrogens (tertiary/aromatic N) is 2. The number of anilines is 1. The molecule has 25 heavy (non-hydrogen) atoms. The molecule has 0 N–H and O–H groups in total. The third kappa shape index (κ3) is 4.82. The van der Waals surface area contributed by atoms with E-state index in [-0.39, 0.29) is 19.1 Å². The number of benzene rings is 1. The van der Waals surface area contributed by atoms with Crippen LogP contribution in [0.2, 0.25) is 0 Å². The molecule has 7 nitrogen and oxygen atoms in total. The number of hydrogen-bond acceptors (Lipinski definition) is 5. The first-order valence-electron chi connectivity index (χ1n) is 7.84. The first-order chi connectivity index (χ1) is 11.7. The molecule has 0 unspecified atom stereocenters. The minimum absolute atomic E-state index is 0.0516. The zero-order valence-corrected chi connectivity index (χ0v) is 14.8. The molecule has 0 aromatic heterocycles. The molecule has 2 amide bonds. The zero-order valence-electron chi connectivity index (χ0n) is 14.8. The van der Waals surface area contributed by atoms with Gasteiger partial charge in [-0.25, -0.2) is 9.59 Å². The van der Waals surface area contributed by atoms with Crippen molar-refractivity contribution in [1.82, 2.24) is 4.90 Å². The highest BCUT2D eigenvalue weighted by molar-refractivity contribution is 6.01. The molecule has 1 fully saturated rings. The number of rotatable bonds is 3. The Hall–Kier alpha value is -2.83. The number of amides is 2. The van der Waals surface area contributed by atoms with Gasteiger partial charge in [0.2, 0.25) is 5.91 Å². The Bertz CT molecular complexity index is 706. The summed E-state index contributed by atoms with van der Waals surface area (Å²) in [5.41, 5.74) is 0.653. The van der Waals surface area contributed by atoms with E-state index in [2.05, 4.69) is 4.74 Å². The van der Waals surface area contributed by atoms with Gasteiger partial charge in [0, 0.05) is 6.08 Å². The lowest BCUT2D eigenvalue weighted by atomic mass is 10.1. The topological polar surface area (TPSA) is 76.2 Å². The Labute approximate surface area is 146 Å². The van der Waals surface area contributed by atoms with Crippen molar-refractivity contribution in [3.63, 3.8) is 0 Å². The van der Waals surface area contributed by atoms with E-state index in [1.165, 1.54) is 23.0 Å². The maximum absolute atomic E-state index is 12.4. The maximum atomic E-state index is 12.4. The number of ether oxygens (including phenoxy) is 2. The van der Waals surface area contributed by atoms with Gasteiger partial charge in [0.1, 0.15) is 18.8 Å².